The minimum atomic E-state index is -0.371. The molecule has 0 aromatic heterocycles. The van der Waals surface area contributed by atoms with Gasteiger partial charge >= 0.3 is 0 Å². The Labute approximate surface area is 131 Å². The van der Waals surface area contributed by atoms with Crippen LogP contribution in [-0.2, 0) is 9.53 Å². The highest BCUT2D eigenvalue weighted by molar-refractivity contribution is 5.85. The Morgan fingerprint density at radius 3 is 2.62 bits per heavy atom. The average molecular weight is 315 g/mol. The lowest BCUT2D eigenvalue weighted by Gasteiger charge is -2.18. The highest BCUT2D eigenvalue weighted by Gasteiger charge is 2.30. The van der Waals surface area contributed by atoms with E-state index in [1.807, 2.05) is 31.2 Å². The van der Waals surface area contributed by atoms with Crippen molar-refractivity contribution in [3.63, 3.8) is 0 Å². The van der Waals surface area contributed by atoms with E-state index in [1.165, 1.54) is 0 Å². The fourth-order valence-corrected chi connectivity index (χ4v) is 2.35. The van der Waals surface area contributed by atoms with Gasteiger partial charge < -0.3 is 20.5 Å². The molecule has 0 saturated carbocycles. The van der Waals surface area contributed by atoms with E-state index in [0.717, 1.165) is 24.2 Å². The molecule has 0 bridgehead atoms. The van der Waals surface area contributed by atoms with Crippen LogP contribution in [0.5, 0.6) is 5.75 Å². The lowest BCUT2D eigenvalue weighted by Crippen LogP contribution is -2.36. The summed E-state index contributed by atoms with van der Waals surface area (Å²) in [6.07, 6.45) is 1.24. The molecule has 0 radical (unpaired) electrons. The molecule has 5 nitrogen and oxygen atoms in total. The predicted molar refractivity (Wildman–Crippen MR) is 83.7 cm³/mol. The van der Waals surface area contributed by atoms with Crippen molar-refractivity contribution in [2.45, 2.75) is 38.0 Å². The first-order valence-electron chi connectivity index (χ1n) is 6.94. The standard InChI is InChI=1S/C15H22N2O3.ClH/c1-10(11-3-5-12(19-2)6-4-11)17-15(18)14-8-7-13(9-16)20-14;/h3-6,10,13-14H,7-9,16H2,1-2H3,(H,17,18);1H/t10?,13-,14+;/m1./s1. The van der Waals surface area contributed by atoms with Crippen molar-refractivity contribution in [2.24, 2.45) is 5.73 Å². The molecule has 3 N–H and O–H groups in total. The first-order chi connectivity index (χ1) is 9.63. The fraction of sp³-hybridized carbons (Fsp3) is 0.533. The molecule has 1 unspecified atom stereocenters. The summed E-state index contributed by atoms with van der Waals surface area (Å²) in [7, 11) is 1.63. The smallest absolute Gasteiger partial charge is 0.249 e. The van der Waals surface area contributed by atoms with Crippen LogP contribution in [0, 0.1) is 0 Å². The summed E-state index contributed by atoms with van der Waals surface area (Å²) in [5.74, 6) is 0.737. The SMILES string of the molecule is COc1ccc(C(C)NC(=O)[C@@H]2CC[C@H](CN)O2)cc1.Cl. The van der Waals surface area contributed by atoms with E-state index in [0.29, 0.717) is 6.54 Å². The fourth-order valence-electron chi connectivity index (χ4n) is 2.35. The number of nitrogens with two attached hydrogens (primary N) is 1. The second-order valence-corrected chi connectivity index (χ2v) is 5.06. The molecular formula is C15H23ClN2O3. The van der Waals surface area contributed by atoms with Gasteiger partial charge in [0.2, 0.25) is 5.91 Å². The van der Waals surface area contributed by atoms with Gasteiger partial charge in [-0.1, -0.05) is 12.1 Å². The van der Waals surface area contributed by atoms with E-state index >= 15 is 0 Å². The number of rotatable bonds is 5. The third kappa shape index (κ3) is 4.59. The first kappa shape index (κ1) is 17.8. The number of carbonyl (C=O) groups is 1. The zero-order valence-electron chi connectivity index (χ0n) is 12.4. The minimum absolute atomic E-state index is 0. The van der Waals surface area contributed by atoms with Crippen molar-refractivity contribution in [1.29, 1.82) is 0 Å². The maximum absolute atomic E-state index is 12.1. The first-order valence-corrected chi connectivity index (χ1v) is 6.94. The van der Waals surface area contributed by atoms with Gasteiger partial charge in [0.1, 0.15) is 11.9 Å². The Morgan fingerprint density at radius 2 is 2.10 bits per heavy atom. The van der Waals surface area contributed by atoms with Gasteiger partial charge in [0.15, 0.2) is 0 Å². The number of carbonyl (C=O) groups excluding carboxylic acids is 1. The summed E-state index contributed by atoms with van der Waals surface area (Å²) >= 11 is 0. The van der Waals surface area contributed by atoms with E-state index in [2.05, 4.69) is 5.32 Å². The number of hydrogen-bond donors (Lipinski definition) is 2. The number of methoxy groups -OCH3 is 1. The zero-order valence-corrected chi connectivity index (χ0v) is 13.2. The Kier molecular flexibility index (Phi) is 6.95. The molecule has 21 heavy (non-hydrogen) atoms. The highest BCUT2D eigenvalue weighted by Crippen LogP contribution is 2.21. The van der Waals surface area contributed by atoms with Gasteiger partial charge in [0.05, 0.1) is 19.3 Å². The van der Waals surface area contributed by atoms with Crippen LogP contribution in [0.2, 0.25) is 0 Å². The molecule has 1 amide bonds. The second kappa shape index (κ2) is 8.22. The Bertz CT molecular complexity index is 453. The molecule has 1 saturated heterocycles. The van der Waals surface area contributed by atoms with Crippen LogP contribution in [0.1, 0.15) is 31.4 Å². The van der Waals surface area contributed by atoms with Crippen LogP contribution in [-0.4, -0.2) is 31.8 Å². The number of nitrogens with one attached hydrogen (secondary N) is 1. The van der Waals surface area contributed by atoms with Gasteiger partial charge in [-0.2, -0.15) is 0 Å². The van der Waals surface area contributed by atoms with Crippen LogP contribution < -0.4 is 15.8 Å². The summed E-state index contributed by atoms with van der Waals surface area (Å²) in [5, 5.41) is 2.97. The van der Waals surface area contributed by atoms with Crippen molar-refractivity contribution < 1.29 is 14.3 Å². The lowest BCUT2D eigenvalue weighted by atomic mass is 10.1. The van der Waals surface area contributed by atoms with Crippen LogP contribution in [0.15, 0.2) is 24.3 Å². The maximum Gasteiger partial charge on any atom is 0.249 e. The van der Waals surface area contributed by atoms with Crippen LogP contribution in [0.4, 0.5) is 0 Å². The monoisotopic (exact) mass is 314 g/mol. The minimum Gasteiger partial charge on any atom is -0.497 e. The normalized spacial score (nSPS) is 22.2. The van der Waals surface area contributed by atoms with Crippen molar-refractivity contribution >= 4 is 18.3 Å². The summed E-state index contributed by atoms with van der Waals surface area (Å²) in [5.41, 5.74) is 6.58. The van der Waals surface area contributed by atoms with E-state index in [9.17, 15) is 4.79 Å². The van der Waals surface area contributed by atoms with Crippen LogP contribution in [0.3, 0.4) is 0 Å². The lowest BCUT2D eigenvalue weighted by molar-refractivity contribution is -0.132. The molecule has 118 valence electrons. The van der Waals surface area contributed by atoms with Gasteiger partial charge in [-0.25, -0.2) is 0 Å². The third-order valence-electron chi connectivity index (χ3n) is 3.64. The molecular weight excluding hydrogens is 292 g/mol. The van der Waals surface area contributed by atoms with Gasteiger partial charge in [0.25, 0.3) is 0 Å². The molecule has 1 heterocycles. The molecule has 1 aliphatic rings. The van der Waals surface area contributed by atoms with Crippen molar-refractivity contribution in [2.75, 3.05) is 13.7 Å². The number of benzene rings is 1. The van der Waals surface area contributed by atoms with Crippen LogP contribution in [0.25, 0.3) is 0 Å². The predicted octanol–water partition coefficient (Wildman–Crippen LogP) is 1.80. The third-order valence-corrected chi connectivity index (χ3v) is 3.64. The largest absolute Gasteiger partial charge is 0.497 e. The number of ether oxygens (including phenoxy) is 2. The summed E-state index contributed by atoms with van der Waals surface area (Å²) in [4.78, 5) is 12.1. The molecule has 0 spiro atoms. The Morgan fingerprint density at radius 1 is 1.43 bits per heavy atom. The number of hydrogen-bond acceptors (Lipinski definition) is 4. The van der Waals surface area contributed by atoms with E-state index in [1.54, 1.807) is 7.11 Å². The quantitative estimate of drug-likeness (QED) is 0.869. The second-order valence-electron chi connectivity index (χ2n) is 5.06. The molecule has 1 aliphatic heterocycles. The maximum atomic E-state index is 12.1. The zero-order chi connectivity index (χ0) is 14.5. The molecule has 6 heteroatoms. The van der Waals surface area contributed by atoms with Crippen LogP contribution >= 0.6 is 12.4 Å². The molecule has 1 fully saturated rings. The molecule has 1 aromatic carbocycles. The highest BCUT2D eigenvalue weighted by atomic mass is 35.5. The molecule has 3 atom stereocenters. The van der Waals surface area contributed by atoms with Gasteiger partial charge in [0, 0.05) is 6.54 Å². The average Bonchev–Trinajstić information content (AvgIpc) is 2.96. The van der Waals surface area contributed by atoms with Crippen molar-refractivity contribution in [3.8, 4) is 5.75 Å². The van der Waals surface area contributed by atoms with Gasteiger partial charge in [-0.05, 0) is 37.5 Å². The molecule has 0 aliphatic carbocycles. The van der Waals surface area contributed by atoms with Crippen molar-refractivity contribution in [1.82, 2.24) is 5.32 Å². The van der Waals surface area contributed by atoms with Gasteiger partial charge in [-0.15, -0.1) is 12.4 Å². The summed E-state index contributed by atoms with van der Waals surface area (Å²) < 4.78 is 10.7. The Balaban J connectivity index is 0.00000220. The van der Waals surface area contributed by atoms with E-state index in [4.69, 9.17) is 15.2 Å². The summed E-state index contributed by atoms with van der Waals surface area (Å²) in [6, 6.07) is 7.60. The number of amides is 1. The molecule has 1 aromatic rings. The van der Waals surface area contributed by atoms with E-state index < -0.39 is 0 Å². The van der Waals surface area contributed by atoms with E-state index in [-0.39, 0.29) is 36.6 Å². The Hall–Kier alpha value is -1.30. The van der Waals surface area contributed by atoms with Gasteiger partial charge in [-0.3, -0.25) is 4.79 Å². The number of halogens is 1. The topological polar surface area (TPSA) is 73.6 Å². The van der Waals surface area contributed by atoms with Crippen molar-refractivity contribution in [3.05, 3.63) is 29.8 Å². The summed E-state index contributed by atoms with van der Waals surface area (Å²) in [6.45, 7) is 2.42. The molecule has 2 rings (SSSR count).